The van der Waals surface area contributed by atoms with Crippen molar-refractivity contribution >= 4 is 11.6 Å². The van der Waals surface area contributed by atoms with Crippen LogP contribution in [-0.2, 0) is 6.54 Å². The van der Waals surface area contributed by atoms with Crippen LogP contribution in [0.2, 0.25) is 0 Å². The molecule has 0 aromatic carbocycles. The van der Waals surface area contributed by atoms with E-state index >= 15 is 0 Å². The number of nitrogens with zero attached hydrogens (tertiary/aromatic N) is 2. The molecule has 1 saturated heterocycles. The van der Waals surface area contributed by atoms with Gasteiger partial charge < -0.3 is 4.74 Å². The average molecular weight is 241 g/mol. The molecule has 1 aromatic rings. The maximum atomic E-state index is 5.94. The van der Waals surface area contributed by atoms with Crippen molar-refractivity contribution in [2.45, 2.75) is 25.4 Å². The first-order chi connectivity index (χ1) is 7.83. The predicted molar refractivity (Wildman–Crippen MR) is 64.9 cm³/mol. The summed E-state index contributed by atoms with van der Waals surface area (Å²) in [4.78, 5) is 6.81. The van der Waals surface area contributed by atoms with E-state index in [-0.39, 0.29) is 0 Å². The Morgan fingerprint density at radius 1 is 1.56 bits per heavy atom. The molecule has 0 aliphatic carbocycles. The zero-order chi connectivity index (χ0) is 11.4. The van der Waals surface area contributed by atoms with Gasteiger partial charge in [-0.05, 0) is 25.5 Å². The monoisotopic (exact) mass is 240 g/mol. The Labute approximate surface area is 101 Å². The summed E-state index contributed by atoms with van der Waals surface area (Å²) in [7, 11) is 1.64. The molecule has 2 heterocycles. The lowest BCUT2D eigenvalue weighted by Gasteiger charge is -2.21. The number of hydrogen-bond donors (Lipinski definition) is 0. The highest BCUT2D eigenvalue weighted by atomic mass is 35.5. The first-order valence-corrected chi connectivity index (χ1v) is 6.17. The summed E-state index contributed by atoms with van der Waals surface area (Å²) >= 11 is 5.94. The molecule has 1 aliphatic heterocycles. The lowest BCUT2D eigenvalue weighted by molar-refractivity contribution is 0.258. The first kappa shape index (κ1) is 11.7. The minimum atomic E-state index is 0.509. The second-order valence-corrected chi connectivity index (χ2v) is 4.40. The molecule has 0 saturated carbocycles. The zero-order valence-electron chi connectivity index (χ0n) is 9.53. The molecule has 1 aliphatic rings. The lowest BCUT2D eigenvalue weighted by atomic mass is 10.2. The van der Waals surface area contributed by atoms with Crippen LogP contribution in [0.15, 0.2) is 18.2 Å². The van der Waals surface area contributed by atoms with Crippen molar-refractivity contribution in [2.24, 2.45) is 0 Å². The summed E-state index contributed by atoms with van der Waals surface area (Å²) in [5, 5.41) is 0. The van der Waals surface area contributed by atoms with Crippen LogP contribution in [0.5, 0.6) is 5.88 Å². The summed E-state index contributed by atoms with van der Waals surface area (Å²) < 4.78 is 5.12. The van der Waals surface area contributed by atoms with Gasteiger partial charge in [-0.15, -0.1) is 11.6 Å². The highest BCUT2D eigenvalue weighted by molar-refractivity contribution is 6.18. The van der Waals surface area contributed by atoms with Crippen LogP contribution in [0.4, 0.5) is 0 Å². The smallest absolute Gasteiger partial charge is 0.213 e. The van der Waals surface area contributed by atoms with Gasteiger partial charge in [-0.25, -0.2) is 4.98 Å². The second-order valence-electron chi connectivity index (χ2n) is 4.09. The Balaban J connectivity index is 2.02. The van der Waals surface area contributed by atoms with Gasteiger partial charge in [0.25, 0.3) is 0 Å². The van der Waals surface area contributed by atoms with Crippen molar-refractivity contribution in [2.75, 3.05) is 19.5 Å². The summed E-state index contributed by atoms with van der Waals surface area (Å²) in [5.74, 6) is 1.39. The summed E-state index contributed by atoms with van der Waals surface area (Å²) in [6, 6.07) is 6.39. The van der Waals surface area contributed by atoms with Crippen LogP contribution in [-0.4, -0.2) is 35.5 Å². The van der Waals surface area contributed by atoms with E-state index in [1.54, 1.807) is 7.11 Å². The number of ether oxygens (including phenoxy) is 1. The molecule has 1 atom stereocenters. The third kappa shape index (κ3) is 2.66. The highest BCUT2D eigenvalue weighted by Gasteiger charge is 2.23. The molecule has 0 bridgehead atoms. The van der Waals surface area contributed by atoms with E-state index in [0.29, 0.717) is 17.8 Å². The number of hydrogen-bond acceptors (Lipinski definition) is 3. The maximum absolute atomic E-state index is 5.94. The van der Waals surface area contributed by atoms with Gasteiger partial charge in [0.05, 0.1) is 12.8 Å². The van der Waals surface area contributed by atoms with Gasteiger partial charge >= 0.3 is 0 Å². The summed E-state index contributed by atoms with van der Waals surface area (Å²) in [6.07, 6.45) is 2.44. The van der Waals surface area contributed by atoms with E-state index in [1.165, 1.54) is 12.8 Å². The third-order valence-electron chi connectivity index (χ3n) is 3.03. The molecule has 0 radical (unpaired) electrons. The molecule has 88 valence electrons. The van der Waals surface area contributed by atoms with Crippen molar-refractivity contribution in [1.82, 2.24) is 9.88 Å². The van der Waals surface area contributed by atoms with Crippen molar-refractivity contribution in [1.29, 1.82) is 0 Å². The standard InChI is InChI=1S/C12H17ClN2O/c1-16-12-6-2-4-10(14-12)9-15-7-3-5-11(15)8-13/h2,4,6,11H,3,5,7-9H2,1H3. The Morgan fingerprint density at radius 3 is 3.19 bits per heavy atom. The average Bonchev–Trinajstić information content (AvgIpc) is 2.76. The van der Waals surface area contributed by atoms with Gasteiger partial charge in [0.1, 0.15) is 0 Å². The molecule has 0 spiro atoms. The van der Waals surface area contributed by atoms with Crippen molar-refractivity contribution in [3.63, 3.8) is 0 Å². The fraction of sp³-hybridized carbons (Fsp3) is 0.583. The maximum Gasteiger partial charge on any atom is 0.213 e. The van der Waals surface area contributed by atoms with Crippen molar-refractivity contribution in [3.05, 3.63) is 23.9 Å². The Hall–Kier alpha value is -0.800. The van der Waals surface area contributed by atoms with Crippen LogP contribution < -0.4 is 4.74 Å². The van der Waals surface area contributed by atoms with Crippen molar-refractivity contribution < 1.29 is 4.74 Å². The molecule has 0 N–H and O–H groups in total. The molecular formula is C12H17ClN2O. The highest BCUT2D eigenvalue weighted by Crippen LogP contribution is 2.20. The van der Waals surface area contributed by atoms with Gasteiger partial charge in [0, 0.05) is 24.5 Å². The van der Waals surface area contributed by atoms with Crippen LogP contribution in [0.25, 0.3) is 0 Å². The number of methoxy groups -OCH3 is 1. The minimum Gasteiger partial charge on any atom is -0.481 e. The quantitative estimate of drug-likeness (QED) is 0.756. The largest absolute Gasteiger partial charge is 0.481 e. The lowest BCUT2D eigenvalue weighted by Crippen LogP contribution is -2.30. The first-order valence-electron chi connectivity index (χ1n) is 5.63. The molecule has 1 fully saturated rings. The molecular weight excluding hydrogens is 224 g/mol. The number of aromatic nitrogens is 1. The van der Waals surface area contributed by atoms with Gasteiger partial charge in [0.2, 0.25) is 5.88 Å². The van der Waals surface area contributed by atoms with Crippen molar-refractivity contribution in [3.8, 4) is 5.88 Å². The molecule has 1 unspecified atom stereocenters. The molecule has 2 rings (SSSR count). The van der Waals surface area contributed by atoms with Crippen LogP contribution in [0.1, 0.15) is 18.5 Å². The minimum absolute atomic E-state index is 0.509. The molecule has 0 amide bonds. The number of likely N-dealkylation sites (tertiary alicyclic amines) is 1. The third-order valence-corrected chi connectivity index (χ3v) is 3.39. The molecule has 16 heavy (non-hydrogen) atoms. The fourth-order valence-corrected chi connectivity index (χ4v) is 2.49. The van der Waals surface area contributed by atoms with E-state index in [0.717, 1.165) is 18.8 Å². The zero-order valence-corrected chi connectivity index (χ0v) is 10.3. The Bertz CT molecular complexity index is 346. The van der Waals surface area contributed by atoms with Gasteiger partial charge in [0.15, 0.2) is 0 Å². The van der Waals surface area contributed by atoms with E-state index in [4.69, 9.17) is 16.3 Å². The van der Waals surface area contributed by atoms with Gasteiger partial charge in [-0.2, -0.15) is 0 Å². The number of halogens is 1. The molecule has 3 nitrogen and oxygen atoms in total. The normalized spacial score (nSPS) is 21.2. The number of pyridine rings is 1. The van der Waals surface area contributed by atoms with E-state index in [9.17, 15) is 0 Å². The topological polar surface area (TPSA) is 25.4 Å². The van der Waals surface area contributed by atoms with Gasteiger partial charge in [-0.3, -0.25) is 4.90 Å². The van der Waals surface area contributed by atoms with Crippen LogP contribution in [0, 0.1) is 0 Å². The molecule has 4 heteroatoms. The number of rotatable bonds is 4. The van der Waals surface area contributed by atoms with E-state index in [1.807, 2.05) is 18.2 Å². The van der Waals surface area contributed by atoms with Crippen LogP contribution in [0.3, 0.4) is 0 Å². The fourth-order valence-electron chi connectivity index (χ4n) is 2.15. The second kappa shape index (κ2) is 5.51. The van der Waals surface area contributed by atoms with E-state index < -0.39 is 0 Å². The Kier molecular flexibility index (Phi) is 4.02. The Morgan fingerprint density at radius 2 is 2.44 bits per heavy atom. The number of alkyl halides is 1. The predicted octanol–water partition coefficient (Wildman–Crippen LogP) is 2.29. The SMILES string of the molecule is COc1cccc(CN2CCCC2CCl)n1. The summed E-state index contributed by atoms with van der Waals surface area (Å²) in [6.45, 7) is 1.99. The summed E-state index contributed by atoms with van der Waals surface area (Å²) in [5.41, 5.74) is 1.05. The van der Waals surface area contributed by atoms with Gasteiger partial charge in [-0.1, -0.05) is 6.07 Å². The molecule has 1 aromatic heterocycles. The van der Waals surface area contributed by atoms with E-state index in [2.05, 4.69) is 9.88 Å². The van der Waals surface area contributed by atoms with Crippen LogP contribution >= 0.6 is 11.6 Å².